The lowest BCUT2D eigenvalue weighted by Crippen LogP contribution is -2.50. The number of piperidine rings is 1. The Morgan fingerprint density at radius 1 is 0.971 bits per heavy atom. The third kappa shape index (κ3) is 6.32. The van der Waals surface area contributed by atoms with E-state index < -0.39 is 24.5 Å². The summed E-state index contributed by atoms with van der Waals surface area (Å²) in [7, 11) is 0. The summed E-state index contributed by atoms with van der Waals surface area (Å²) in [6, 6.07) is 8.36. The summed E-state index contributed by atoms with van der Waals surface area (Å²) in [6.45, 7) is 5.62. The standard InChI is InChI=1S/C23H29F6N3O3/c24-22(25,26)19(23(27,28)29)35-20(33)32-8-5-21(6-9-32)4-7-30(16-21)15-17-2-1-3-18(14-17)31-10-12-34-13-11-31/h1-3,14,19H,4-13,15-16H2. The third-order valence-electron chi connectivity index (χ3n) is 7.11. The zero-order valence-electron chi connectivity index (χ0n) is 19.2. The number of carbonyl (C=O) groups is 1. The number of morpholine rings is 1. The summed E-state index contributed by atoms with van der Waals surface area (Å²) < 4.78 is 85.5. The molecule has 3 aliphatic rings. The van der Waals surface area contributed by atoms with E-state index in [0.717, 1.165) is 49.7 Å². The Hall–Kier alpha value is -2.21. The van der Waals surface area contributed by atoms with E-state index in [2.05, 4.69) is 32.7 Å². The number of nitrogens with zero attached hydrogens (tertiary/aromatic N) is 3. The number of ether oxygens (including phenoxy) is 2. The lowest BCUT2D eigenvalue weighted by atomic mass is 9.78. The van der Waals surface area contributed by atoms with Gasteiger partial charge in [0.2, 0.25) is 0 Å². The molecule has 0 aliphatic carbocycles. The van der Waals surface area contributed by atoms with E-state index in [1.54, 1.807) is 0 Å². The summed E-state index contributed by atoms with van der Waals surface area (Å²) in [5.41, 5.74) is 2.23. The maximum atomic E-state index is 12.7. The van der Waals surface area contributed by atoms with Gasteiger partial charge >= 0.3 is 18.4 Å². The average Bonchev–Trinajstić information content (AvgIpc) is 3.18. The molecule has 0 radical (unpaired) electrons. The van der Waals surface area contributed by atoms with Gasteiger partial charge < -0.3 is 19.3 Å². The van der Waals surface area contributed by atoms with E-state index in [1.165, 1.54) is 5.56 Å². The fourth-order valence-electron chi connectivity index (χ4n) is 5.16. The first-order valence-corrected chi connectivity index (χ1v) is 11.7. The zero-order chi connectivity index (χ0) is 25.3. The minimum atomic E-state index is -5.71. The summed E-state index contributed by atoms with van der Waals surface area (Å²) in [5.74, 6) is 0. The first-order valence-electron chi connectivity index (χ1n) is 11.7. The highest BCUT2D eigenvalue weighted by Gasteiger charge is 2.60. The van der Waals surface area contributed by atoms with Crippen molar-refractivity contribution in [1.29, 1.82) is 0 Å². The lowest BCUT2D eigenvalue weighted by molar-refractivity contribution is -0.308. The van der Waals surface area contributed by atoms with Crippen molar-refractivity contribution in [3.05, 3.63) is 29.8 Å². The van der Waals surface area contributed by atoms with Crippen molar-refractivity contribution in [1.82, 2.24) is 9.80 Å². The monoisotopic (exact) mass is 509 g/mol. The molecule has 3 heterocycles. The summed E-state index contributed by atoms with van der Waals surface area (Å²) in [6.07, 6.45) is -15.2. The van der Waals surface area contributed by atoms with Crippen molar-refractivity contribution in [2.75, 3.05) is 57.4 Å². The predicted molar refractivity (Wildman–Crippen MR) is 115 cm³/mol. The van der Waals surface area contributed by atoms with E-state index in [9.17, 15) is 31.1 Å². The van der Waals surface area contributed by atoms with E-state index in [4.69, 9.17) is 4.74 Å². The smallest absolute Gasteiger partial charge is 0.426 e. The van der Waals surface area contributed by atoms with Crippen molar-refractivity contribution in [2.45, 2.75) is 44.3 Å². The number of amides is 1. The molecule has 35 heavy (non-hydrogen) atoms. The van der Waals surface area contributed by atoms with E-state index in [0.29, 0.717) is 26.1 Å². The summed E-state index contributed by atoms with van der Waals surface area (Å²) in [4.78, 5) is 17.6. The highest BCUT2D eigenvalue weighted by molar-refractivity contribution is 5.68. The Balaban J connectivity index is 1.29. The van der Waals surface area contributed by atoms with Crippen molar-refractivity contribution in [3.63, 3.8) is 0 Å². The molecule has 3 aliphatic heterocycles. The molecule has 1 spiro atoms. The first-order chi connectivity index (χ1) is 16.5. The molecule has 3 fully saturated rings. The molecule has 1 amide bonds. The Morgan fingerprint density at radius 2 is 1.60 bits per heavy atom. The molecule has 1 aromatic carbocycles. The van der Waals surface area contributed by atoms with Crippen molar-refractivity contribution in [3.8, 4) is 0 Å². The molecule has 0 N–H and O–H groups in total. The van der Waals surface area contributed by atoms with Crippen molar-refractivity contribution < 1.29 is 40.6 Å². The highest BCUT2D eigenvalue weighted by Crippen LogP contribution is 2.42. The molecule has 6 nitrogen and oxygen atoms in total. The summed E-state index contributed by atoms with van der Waals surface area (Å²) in [5, 5.41) is 0. The van der Waals surface area contributed by atoms with Gasteiger partial charge in [0, 0.05) is 45.0 Å². The topological polar surface area (TPSA) is 45.2 Å². The number of anilines is 1. The lowest BCUT2D eigenvalue weighted by Gasteiger charge is -2.39. The molecule has 0 unspecified atom stereocenters. The van der Waals surface area contributed by atoms with Crippen molar-refractivity contribution in [2.24, 2.45) is 5.41 Å². The van der Waals surface area contributed by atoms with E-state index in [1.807, 2.05) is 6.07 Å². The number of halogens is 6. The Morgan fingerprint density at radius 3 is 2.23 bits per heavy atom. The Kier molecular flexibility index (Phi) is 7.42. The largest absolute Gasteiger partial charge is 0.434 e. The minimum absolute atomic E-state index is 0.0711. The van der Waals surface area contributed by atoms with Gasteiger partial charge in [-0.3, -0.25) is 4.90 Å². The maximum absolute atomic E-state index is 12.7. The van der Waals surface area contributed by atoms with Gasteiger partial charge in [-0.05, 0) is 48.9 Å². The molecule has 0 saturated carbocycles. The fourth-order valence-corrected chi connectivity index (χ4v) is 5.16. The third-order valence-corrected chi connectivity index (χ3v) is 7.11. The van der Waals surface area contributed by atoms with Gasteiger partial charge in [0.25, 0.3) is 6.10 Å². The van der Waals surface area contributed by atoms with Crippen LogP contribution in [0.4, 0.5) is 36.8 Å². The van der Waals surface area contributed by atoms with Crippen LogP contribution in [0.3, 0.4) is 0 Å². The number of hydrogen-bond acceptors (Lipinski definition) is 5. The number of benzene rings is 1. The Bertz CT molecular complexity index is 866. The molecule has 3 saturated heterocycles. The molecule has 1 aromatic rings. The van der Waals surface area contributed by atoms with E-state index >= 15 is 0 Å². The van der Waals surface area contributed by atoms with Gasteiger partial charge in [-0.15, -0.1) is 0 Å². The Labute approximate surface area is 199 Å². The van der Waals surface area contributed by atoms with Gasteiger partial charge in [0.15, 0.2) is 0 Å². The van der Waals surface area contributed by atoms with Crippen LogP contribution < -0.4 is 4.90 Å². The van der Waals surface area contributed by atoms with Crippen LogP contribution >= 0.6 is 0 Å². The molecule has 12 heteroatoms. The van der Waals surface area contributed by atoms with Crippen LogP contribution in [-0.2, 0) is 16.0 Å². The van der Waals surface area contributed by atoms with Crippen LogP contribution in [0.5, 0.6) is 0 Å². The fraction of sp³-hybridized carbons (Fsp3) is 0.696. The quantitative estimate of drug-likeness (QED) is 0.562. The number of hydrogen-bond donors (Lipinski definition) is 0. The van der Waals surface area contributed by atoms with Gasteiger partial charge in [-0.1, -0.05) is 12.1 Å². The second-order valence-electron chi connectivity index (χ2n) is 9.56. The van der Waals surface area contributed by atoms with Crippen LogP contribution in [0.25, 0.3) is 0 Å². The molecule has 196 valence electrons. The van der Waals surface area contributed by atoms with Crippen LogP contribution in [0.15, 0.2) is 24.3 Å². The number of rotatable bonds is 4. The van der Waals surface area contributed by atoms with Gasteiger partial charge in [-0.2, -0.15) is 26.3 Å². The molecular formula is C23H29F6N3O3. The minimum Gasteiger partial charge on any atom is -0.426 e. The van der Waals surface area contributed by atoms with Crippen LogP contribution in [0, 0.1) is 5.41 Å². The number of carbonyl (C=O) groups excluding carboxylic acids is 1. The van der Waals surface area contributed by atoms with Gasteiger partial charge in [0.05, 0.1) is 13.2 Å². The molecule has 0 aromatic heterocycles. The molecule has 4 rings (SSSR count). The van der Waals surface area contributed by atoms with Crippen LogP contribution in [-0.4, -0.2) is 86.8 Å². The number of alkyl halides is 6. The zero-order valence-corrected chi connectivity index (χ0v) is 19.2. The maximum Gasteiger partial charge on any atom is 0.434 e. The van der Waals surface area contributed by atoms with Gasteiger partial charge in [0.1, 0.15) is 0 Å². The van der Waals surface area contributed by atoms with Crippen LogP contribution in [0.2, 0.25) is 0 Å². The molecular weight excluding hydrogens is 480 g/mol. The van der Waals surface area contributed by atoms with E-state index in [-0.39, 0.29) is 18.5 Å². The molecule has 0 bridgehead atoms. The second kappa shape index (κ2) is 10.0. The first kappa shape index (κ1) is 25.9. The highest BCUT2D eigenvalue weighted by atomic mass is 19.4. The summed E-state index contributed by atoms with van der Waals surface area (Å²) >= 11 is 0. The van der Waals surface area contributed by atoms with Crippen LogP contribution in [0.1, 0.15) is 24.8 Å². The normalized spacial score (nSPS) is 21.7. The van der Waals surface area contributed by atoms with Gasteiger partial charge in [-0.25, -0.2) is 4.79 Å². The number of likely N-dealkylation sites (tertiary alicyclic amines) is 2. The second-order valence-corrected chi connectivity index (χ2v) is 9.56. The molecule has 0 atom stereocenters. The predicted octanol–water partition coefficient (Wildman–Crippen LogP) is 4.44. The van der Waals surface area contributed by atoms with Crippen molar-refractivity contribution >= 4 is 11.8 Å². The average molecular weight is 509 g/mol. The SMILES string of the molecule is O=C(OC(C(F)(F)F)C(F)(F)F)N1CCC2(CCN(Cc3cccc(N4CCOCC4)c3)C2)CC1.